The van der Waals surface area contributed by atoms with Gasteiger partial charge >= 0.3 is 0 Å². The Morgan fingerprint density at radius 3 is 2.62 bits per heavy atom. The summed E-state index contributed by atoms with van der Waals surface area (Å²) in [6.45, 7) is 3.86. The van der Waals surface area contributed by atoms with Crippen molar-refractivity contribution in [2.45, 2.75) is 20.0 Å². The lowest BCUT2D eigenvalue weighted by Gasteiger charge is -2.07. The zero-order chi connectivity index (χ0) is 6.41. The van der Waals surface area contributed by atoms with E-state index in [1.54, 1.807) is 6.21 Å². The third-order valence-corrected chi connectivity index (χ3v) is 0.830. The molecule has 0 aliphatic heterocycles. The van der Waals surface area contributed by atoms with Crippen LogP contribution in [0.5, 0.6) is 0 Å². The molecule has 0 radical (unpaired) electrons. The maximum Gasteiger partial charge on any atom is 0.0902 e. The molecule has 0 aliphatic carbocycles. The molecule has 1 unspecified atom stereocenters. The van der Waals surface area contributed by atoms with Gasteiger partial charge in [0, 0.05) is 6.21 Å². The summed E-state index contributed by atoms with van der Waals surface area (Å²) in [5.74, 6) is 0. The zero-order valence-corrected chi connectivity index (χ0v) is 5.60. The first-order valence-corrected chi connectivity index (χ1v) is 2.71. The molecule has 48 valence electrons. The topological polar surface area (TPSA) is 36.4 Å². The van der Waals surface area contributed by atoms with Gasteiger partial charge < -0.3 is 0 Å². The number of hydrogen-bond acceptors (Lipinski definition) is 3. The van der Waals surface area contributed by atoms with Crippen molar-refractivity contribution in [2.75, 3.05) is 7.05 Å². The van der Waals surface area contributed by atoms with E-state index in [1.807, 2.05) is 20.9 Å². The fourth-order valence-electron chi connectivity index (χ4n) is 0.251. The van der Waals surface area contributed by atoms with Gasteiger partial charge in [-0.1, -0.05) is 0 Å². The summed E-state index contributed by atoms with van der Waals surface area (Å²) in [5.41, 5.74) is 2.84. The number of nitrogens with one attached hydrogen (secondary N) is 2. The van der Waals surface area contributed by atoms with Gasteiger partial charge in [-0.2, -0.15) is 5.10 Å². The fourth-order valence-corrected chi connectivity index (χ4v) is 0.251. The molecule has 1 atom stereocenters. The molecule has 3 nitrogen and oxygen atoms in total. The lowest BCUT2D eigenvalue weighted by atomic mass is 10.6. The van der Waals surface area contributed by atoms with Crippen LogP contribution in [0.15, 0.2) is 5.10 Å². The van der Waals surface area contributed by atoms with Crippen LogP contribution in [0.2, 0.25) is 0 Å². The normalized spacial score (nSPS) is 14.4. The van der Waals surface area contributed by atoms with Crippen molar-refractivity contribution in [3.05, 3.63) is 0 Å². The molecule has 0 saturated carbocycles. The van der Waals surface area contributed by atoms with Crippen molar-refractivity contribution in [1.82, 2.24) is 10.7 Å². The zero-order valence-electron chi connectivity index (χ0n) is 5.60. The van der Waals surface area contributed by atoms with E-state index in [2.05, 4.69) is 15.8 Å². The Labute approximate surface area is 50.2 Å². The highest BCUT2D eigenvalue weighted by Gasteiger charge is 1.87. The first-order valence-electron chi connectivity index (χ1n) is 2.71. The standard InChI is InChI=1S/C5H13N3/c1-4-7-8-5(2)6-3/h4-6,8H,1-3H3/b7-4-. The largest absolute Gasteiger partial charge is 0.300 e. The Bertz CT molecular complexity index is 70.1. The lowest BCUT2D eigenvalue weighted by Crippen LogP contribution is -2.33. The minimum absolute atomic E-state index is 0.256. The van der Waals surface area contributed by atoms with Crippen molar-refractivity contribution in [1.29, 1.82) is 0 Å². The molecule has 0 fully saturated rings. The maximum atomic E-state index is 3.81. The molecule has 0 amide bonds. The van der Waals surface area contributed by atoms with Crippen LogP contribution in [-0.4, -0.2) is 19.4 Å². The van der Waals surface area contributed by atoms with E-state index in [4.69, 9.17) is 0 Å². The van der Waals surface area contributed by atoms with Gasteiger partial charge in [0.05, 0.1) is 6.17 Å². The Balaban J connectivity index is 3.10. The summed E-state index contributed by atoms with van der Waals surface area (Å²) in [6, 6.07) is 0. The average Bonchev–Trinajstić information content (AvgIpc) is 1.83. The van der Waals surface area contributed by atoms with Gasteiger partial charge in [0.1, 0.15) is 0 Å². The Morgan fingerprint density at radius 2 is 2.25 bits per heavy atom. The summed E-state index contributed by atoms with van der Waals surface area (Å²) in [7, 11) is 1.88. The van der Waals surface area contributed by atoms with E-state index in [0.29, 0.717) is 0 Å². The second-order valence-electron chi connectivity index (χ2n) is 1.53. The van der Waals surface area contributed by atoms with Gasteiger partial charge in [-0.25, -0.2) is 0 Å². The predicted molar refractivity (Wildman–Crippen MR) is 35.8 cm³/mol. The molecular formula is C5H13N3. The predicted octanol–water partition coefficient (Wildman–Crippen LogP) is 0.147. The van der Waals surface area contributed by atoms with Crippen LogP contribution in [0.25, 0.3) is 0 Å². The lowest BCUT2D eigenvalue weighted by molar-refractivity contribution is 0.509. The molecule has 0 aliphatic rings. The fraction of sp³-hybridized carbons (Fsp3) is 0.800. The number of nitrogens with zero attached hydrogens (tertiary/aromatic N) is 1. The second-order valence-corrected chi connectivity index (χ2v) is 1.53. The van der Waals surface area contributed by atoms with Gasteiger partial charge in [0.2, 0.25) is 0 Å². The highest BCUT2D eigenvalue weighted by molar-refractivity contribution is 5.52. The van der Waals surface area contributed by atoms with E-state index < -0.39 is 0 Å². The average molecular weight is 115 g/mol. The third kappa shape index (κ3) is 3.61. The van der Waals surface area contributed by atoms with E-state index in [0.717, 1.165) is 0 Å². The summed E-state index contributed by atoms with van der Waals surface area (Å²) < 4.78 is 0. The van der Waals surface area contributed by atoms with Crippen molar-refractivity contribution >= 4 is 6.21 Å². The van der Waals surface area contributed by atoms with E-state index >= 15 is 0 Å². The molecule has 3 heteroatoms. The van der Waals surface area contributed by atoms with Crippen molar-refractivity contribution < 1.29 is 0 Å². The monoisotopic (exact) mass is 115 g/mol. The number of hydrogen-bond donors (Lipinski definition) is 2. The molecule has 0 heterocycles. The molecule has 0 aromatic rings. The second kappa shape index (κ2) is 4.59. The van der Waals surface area contributed by atoms with Crippen LogP contribution in [-0.2, 0) is 0 Å². The van der Waals surface area contributed by atoms with Gasteiger partial charge in [0.25, 0.3) is 0 Å². The Morgan fingerprint density at radius 1 is 1.62 bits per heavy atom. The van der Waals surface area contributed by atoms with Crippen LogP contribution in [0.4, 0.5) is 0 Å². The van der Waals surface area contributed by atoms with Gasteiger partial charge in [-0.3, -0.25) is 10.7 Å². The molecule has 0 bridgehead atoms. The van der Waals surface area contributed by atoms with E-state index in [-0.39, 0.29) is 6.17 Å². The number of hydrazone groups is 1. The van der Waals surface area contributed by atoms with E-state index in [9.17, 15) is 0 Å². The van der Waals surface area contributed by atoms with Crippen molar-refractivity contribution in [2.24, 2.45) is 5.10 Å². The molecule has 0 spiro atoms. The molecule has 0 aromatic carbocycles. The Kier molecular flexibility index (Phi) is 4.26. The molecule has 0 saturated heterocycles. The first kappa shape index (κ1) is 7.43. The maximum absolute atomic E-state index is 3.81. The minimum atomic E-state index is 0.256. The number of rotatable bonds is 3. The SMILES string of the molecule is C/C=N\NC(C)NC. The Hall–Kier alpha value is -0.570. The molecule has 8 heavy (non-hydrogen) atoms. The van der Waals surface area contributed by atoms with Gasteiger partial charge in [0.15, 0.2) is 0 Å². The minimum Gasteiger partial charge on any atom is -0.300 e. The summed E-state index contributed by atoms with van der Waals surface area (Å²) in [6.07, 6.45) is 1.97. The van der Waals surface area contributed by atoms with Crippen LogP contribution < -0.4 is 10.7 Å². The smallest absolute Gasteiger partial charge is 0.0902 e. The molecule has 0 rings (SSSR count). The van der Waals surface area contributed by atoms with Crippen LogP contribution in [0.1, 0.15) is 13.8 Å². The quantitative estimate of drug-likeness (QED) is 0.312. The molecular weight excluding hydrogens is 102 g/mol. The van der Waals surface area contributed by atoms with Gasteiger partial charge in [-0.05, 0) is 20.9 Å². The van der Waals surface area contributed by atoms with Crippen molar-refractivity contribution in [3.63, 3.8) is 0 Å². The highest BCUT2D eigenvalue weighted by Crippen LogP contribution is 1.67. The first-order chi connectivity index (χ1) is 3.81. The summed E-state index contributed by atoms with van der Waals surface area (Å²) in [4.78, 5) is 0. The summed E-state index contributed by atoms with van der Waals surface area (Å²) >= 11 is 0. The van der Waals surface area contributed by atoms with Gasteiger partial charge in [-0.15, -0.1) is 0 Å². The van der Waals surface area contributed by atoms with Crippen LogP contribution in [0, 0.1) is 0 Å². The summed E-state index contributed by atoms with van der Waals surface area (Å²) in [5, 5.41) is 6.78. The van der Waals surface area contributed by atoms with E-state index in [1.165, 1.54) is 0 Å². The van der Waals surface area contributed by atoms with Crippen molar-refractivity contribution in [3.8, 4) is 0 Å². The third-order valence-electron chi connectivity index (χ3n) is 0.830. The molecule has 0 aromatic heterocycles. The highest BCUT2D eigenvalue weighted by atomic mass is 15.3. The van der Waals surface area contributed by atoms with Crippen LogP contribution in [0.3, 0.4) is 0 Å². The van der Waals surface area contributed by atoms with Crippen LogP contribution >= 0.6 is 0 Å². The molecule has 2 N–H and O–H groups in total.